The SMILES string of the molecule is Nc1cnc(Oc2cncc(Br)c2)cn1. The normalized spacial score (nSPS) is 9.93. The van der Waals surface area contributed by atoms with Crippen LogP contribution in [0.25, 0.3) is 0 Å². The van der Waals surface area contributed by atoms with Gasteiger partial charge in [-0.3, -0.25) is 4.98 Å². The zero-order valence-corrected chi connectivity index (χ0v) is 9.18. The predicted octanol–water partition coefficient (Wildman–Crippen LogP) is 2.01. The molecule has 0 saturated carbocycles. The summed E-state index contributed by atoms with van der Waals surface area (Å²) in [6, 6.07) is 1.78. The molecular weight excluding hydrogens is 260 g/mol. The van der Waals surface area contributed by atoms with Gasteiger partial charge in [-0.1, -0.05) is 0 Å². The third-order valence-corrected chi connectivity index (χ3v) is 1.98. The van der Waals surface area contributed by atoms with Crippen molar-refractivity contribution in [3.63, 3.8) is 0 Å². The monoisotopic (exact) mass is 266 g/mol. The van der Waals surface area contributed by atoms with Crippen molar-refractivity contribution >= 4 is 21.7 Å². The molecule has 0 saturated heterocycles. The van der Waals surface area contributed by atoms with Crippen LogP contribution in [0.4, 0.5) is 5.82 Å². The van der Waals surface area contributed by atoms with E-state index >= 15 is 0 Å². The van der Waals surface area contributed by atoms with Crippen molar-refractivity contribution < 1.29 is 4.74 Å². The van der Waals surface area contributed by atoms with E-state index in [0.29, 0.717) is 17.4 Å². The number of aromatic nitrogens is 3. The van der Waals surface area contributed by atoms with Gasteiger partial charge in [0.1, 0.15) is 11.6 Å². The van der Waals surface area contributed by atoms with Gasteiger partial charge in [-0.25, -0.2) is 9.97 Å². The number of halogens is 1. The average Bonchev–Trinajstić information content (AvgIpc) is 2.22. The zero-order valence-electron chi connectivity index (χ0n) is 7.59. The van der Waals surface area contributed by atoms with Gasteiger partial charge >= 0.3 is 0 Å². The molecule has 15 heavy (non-hydrogen) atoms. The second kappa shape index (κ2) is 4.22. The minimum atomic E-state index is 0.356. The van der Waals surface area contributed by atoms with Crippen molar-refractivity contribution in [1.82, 2.24) is 15.0 Å². The molecule has 0 aliphatic heterocycles. The lowest BCUT2D eigenvalue weighted by molar-refractivity contribution is 0.458. The molecule has 0 atom stereocenters. The number of hydrogen-bond acceptors (Lipinski definition) is 5. The van der Waals surface area contributed by atoms with Crippen molar-refractivity contribution in [3.8, 4) is 11.6 Å². The van der Waals surface area contributed by atoms with E-state index in [9.17, 15) is 0 Å². The molecule has 2 N–H and O–H groups in total. The van der Waals surface area contributed by atoms with E-state index in [1.165, 1.54) is 12.4 Å². The molecule has 0 fully saturated rings. The van der Waals surface area contributed by atoms with E-state index in [2.05, 4.69) is 30.9 Å². The van der Waals surface area contributed by atoms with E-state index in [1.54, 1.807) is 18.5 Å². The van der Waals surface area contributed by atoms with Gasteiger partial charge in [-0.05, 0) is 22.0 Å². The second-order valence-corrected chi connectivity index (χ2v) is 3.64. The molecule has 0 unspecified atom stereocenters. The number of pyridine rings is 1. The lowest BCUT2D eigenvalue weighted by atomic mass is 10.5. The smallest absolute Gasteiger partial charge is 0.238 e. The molecule has 2 rings (SSSR count). The first kappa shape index (κ1) is 9.85. The van der Waals surface area contributed by atoms with Gasteiger partial charge in [-0.15, -0.1) is 0 Å². The van der Waals surface area contributed by atoms with E-state index in [0.717, 1.165) is 4.47 Å². The topological polar surface area (TPSA) is 73.9 Å². The average molecular weight is 267 g/mol. The third kappa shape index (κ3) is 2.63. The van der Waals surface area contributed by atoms with E-state index in [1.807, 2.05) is 0 Å². The second-order valence-electron chi connectivity index (χ2n) is 2.72. The molecule has 2 aromatic rings. The lowest BCUT2D eigenvalue weighted by Gasteiger charge is -2.03. The molecular formula is C9H7BrN4O. The summed E-state index contributed by atoms with van der Waals surface area (Å²) in [5, 5.41) is 0. The van der Waals surface area contributed by atoms with Crippen LogP contribution in [0.3, 0.4) is 0 Å². The predicted molar refractivity (Wildman–Crippen MR) is 58.5 cm³/mol. The Morgan fingerprint density at radius 3 is 2.67 bits per heavy atom. The summed E-state index contributed by atoms with van der Waals surface area (Å²) in [6.07, 6.45) is 6.14. The molecule has 0 amide bonds. The van der Waals surface area contributed by atoms with Crippen LogP contribution in [0, 0.1) is 0 Å². The standard InChI is InChI=1S/C9H7BrN4O/c10-6-1-7(3-12-2-6)15-9-5-13-8(11)4-14-9/h1-5H,(H2,11,13). The van der Waals surface area contributed by atoms with Crippen molar-refractivity contribution in [2.24, 2.45) is 0 Å². The summed E-state index contributed by atoms with van der Waals surface area (Å²) < 4.78 is 6.23. The van der Waals surface area contributed by atoms with Gasteiger partial charge in [0, 0.05) is 10.7 Å². The minimum absolute atomic E-state index is 0.356. The van der Waals surface area contributed by atoms with Crippen LogP contribution < -0.4 is 10.5 Å². The molecule has 0 aromatic carbocycles. The van der Waals surface area contributed by atoms with Crippen molar-refractivity contribution in [2.75, 3.05) is 5.73 Å². The Kier molecular flexibility index (Phi) is 2.77. The maximum atomic E-state index is 5.40. The fraction of sp³-hybridized carbons (Fsp3) is 0. The van der Waals surface area contributed by atoms with Gasteiger partial charge < -0.3 is 10.5 Å². The van der Waals surface area contributed by atoms with Crippen LogP contribution in [-0.4, -0.2) is 15.0 Å². The molecule has 0 spiro atoms. The van der Waals surface area contributed by atoms with Crippen molar-refractivity contribution in [2.45, 2.75) is 0 Å². The Labute approximate surface area is 94.5 Å². The van der Waals surface area contributed by atoms with Crippen molar-refractivity contribution in [1.29, 1.82) is 0 Å². The first-order valence-electron chi connectivity index (χ1n) is 4.10. The first-order valence-corrected chi connectivity index (χ1v) is 4.89. The van der Waals surface area contributed by atoms with Crippen LogP contribution in [0.15, 0.2) is 35.3 Å². The van der Waals surface area contributed by atoms with Gasteiger partial charge in [0.25, 0.3) is 0 Å². The molecule has 6 heteroatoms. The molecule has 0 aliphatic rings. The highest BCUT2D eigenvalue weighted by atomic mass is 79.9. The Morgan fingerprint density at radius 1 is 1.13 bits per heavy atom. The van der Waals surface area contributed by atoms with Gasteiger partial charge in [0.15, 0.2) is 0 Å². The van der Waals surface area contributed by atoms with Gasteiger partial charge in [0.2, 0.25) is 5.88 Å². The number of rotatable bonds is 2. The summed E-state index contributed by atoms with van der Waals surface area (Å²) in [5.41, 5.74) is 5.40. The summed E-state index contributed by atoms with van der Waals surface area (Å²) in [6.45, 7) is 0. The van der Waals surface area contributed by atoms with Gasteiger partial charge in [-0.2, -0.15) is 0 Å². The Hall–Kier alpha value is -1.69. The molecule has 0 radical (unpaired) electrons. The molecule has 2 aromatic heterocycles. The molecule has 0 bridgehead atoms. The maximum Gasteiger partial charge on any atom is 0.238 e. The van der Waals surface area contributed by atoms with Crippen LogP contribution in [-0.2, 0) is 0 Å². The number of nitrogens with zero attached hydrogens (tertiary/aromatic N) is 3. The number of nitrogen functional groups attached to an aromatic ring is 1. The Morgan fingerprint density at radius 2 is 2.00 bits per heavy atom. The summed E-state index contributed by atoms with van der Waals surface area (Å²) in [7, 11) is 0. The van der Waals surface area contributed by atoms with Crippen LogP contribution in [0.5, 0.6) is 11.6 Å². The quantitative estimate of drug-likeness (QED) is 0.900. The van der Waals surface area contributed by atoms with E-state index in [-0.39, 0.29) is 0 Å². The Balaban J connectivity index is 2.18. The molecule has 0 aliphatic carbocycles. The highest BCUT2D eigenvalue weighted by Gasteiger charge is 1.99. The summed E-state index contributed by atoms with van der Waals surface area (Å²) in [4.78, 5) is 11.8. The zero-order chi connectivity index (χ0) is 10.7. The molecule has 76 valence electrons. The molecule has 5 nitrogen and oxygen atoms in total. The van der Waals surface area contributed by atoms with Crippen molar-refractivity contribution in [3.05, 3.63) is 35.3 Å². The maximum absolute atomic E-state index is 5.40. The highest BCUT2D eigenvalue weighted by molar-refractivity contribution is 9.10. The summed E-state index contributed by atoms with van der Waals surface area (Å²) in [5.74, 6) is 1.32. The third-order valence-electron chi connectivity index (χ3n) is 1.55. The number of ether oxygens (including phenoxy) is 1. The Bertz CT molecular complexity index is 460. The largest absolute Gasteiger partial charge is 0.436 e. The number of anilines is 1. The summed E-state index contributed by atoms with van der Waals surface area (Å²) >= 11 is 3.29. The fourth-order valence-electron chi connectivity index (χ4n) is 0.948. The van der Waals surface area contributed by atoms with Crippen LogP contribution in [0.1, 0.15) is 0 Å². The highest BCUT2D eigenvalue weighted by Crippen LogP contribution is 2.20. The van der Waals surface area contributed by atoms with E-state index < -0.39 is 0 Å². The molecule has 2 heterocycles. The van der Waals surface area contributed by atoms with Gasteiger partial charge in [0.05, 0.1) is 18.6 Å². The van der Waals surface area contributed by atoms with E-state index in [4.69, 9.17) is 10.5 Å². The van der Waals surface area contributed by atoms with Crippen LogP contribution in [0.2, 0.25) is 0 Å². The lowest BCUT2D eigenvalue weighted by Crippen LogP contribution is -1.93. The van der Waals surface area contributed by atoms with Crippen LogP contribution >= 0.6 is 15.9 Å². The number of nitrogens with two attached hydrogens (primary N) is 1. The number of hydrogen-bond donors (Lipinski definition) is 1. The first-order chi connectivity index (χ1) is 7.24. The minimum Gasteiger partial charge on any atom is -0.436 e. The fourth-order valence-corrected chi connectivity index (χ4v) is 1.29.